The van der Waals surface area contributed by atoms with Crippen molar-refractivity contribution in [3.05, 3.63) is 35.9 Å². The highest BCUT2D eigenvalue weighted by molar-refractivity contribution is 6.00. The molecule has 0 aromatic heterocycles. The molecule has 0 amide bonds. The number of carbonyl (C=O) groups is 2. The lowest BCUT2D eigenvalue weighted by atomic mass is 9.86. The molecule has 0 saturated carbocycles. The maximum atomic E-state index is 12.3. The monoisotopic (exact) mass is 308 g/mol. The van der Waals surface area contributed by atoms with Gasteiger partial charge >= 0.3 is 11.9 Å². The van der Waals surface area contributed by atoms with E-state index in [4.69, 9.17) is 14.2 Å². The minimum Gasteiger partial charge on any atom is -0.465 e. The number of hydrogen-bond donors (Lipinski definition) is 0. The van der Waals surface area contributed by atoms with Crippen LogP contribution >= 0.6 is 0 Å². The van der Waals surface area contributed by atoms with Gasteiger partial charge in [-0.2, -0.15) is 0 Å². The van der Waals surface area contributed by atoms with E-state index in [1.54, 1.807) is 20.8 Å². The van der Waals surface area contributed by atoms with Gasteiger partial charge in [0.15, 0.2) is 5.41 Å². The van der Waals surface area contributed by atoms with Gasteiger partial charge in [-0.3, -0.25) is 9.59 Å². The lowest BCUT2D eigenvalue weighted by molar-refractivity contribution is -0.177. The first-order valence-corrected chi connectivity index (χ1v) is 7.56. The van der Waals surface area contributed by atoms with Gasteiger partial charge in [0.1, 0.15) is 0 Å². The first-order valence-electron chi connectivity index (χ1n) is 7.56. The van der Waals surface area contributed by atoms with E-state index in [9.17, 15) is 9.59 Å². The summed E-state index contributed by atoms with van der Waals surface area (Å²) in [6.07, 6.45) is 0.263. The van der Waals surface area contributed by atoms with E-state index >= 15 is 0 Å². The fourth-order valence-electron chi connectivity index (χ4n) is 2.05. The summed E-state index contributed by atoms with van der Waals surface area (Å²) in [4.78, 5) is 24.5. The molecular weight excluding hydrogens is 284 g/mol. The number of rotatable bonds is 9. The maximum Gasteiger partial charge on any atom is 0.325 e. The molecule has 122 valence electrons. The molecule has 1 aromatic carbocycles. The zero-order valence-corrected chi connectivity index (χ0v) is 13.5. The molecule has 0 heterocycles. The van der Waals surface area contributed by atoms with Gasteiger partial charge in [-0.05, 0) is 25.8 Å². The van der Waals surface area contributed by atoms with E-state index in [0.29, 0.717) is 6.61 Å². The van der Waals surface area contributed by atoms with Crippen LogP contribution in [0.4, 0.5) is 0 Å². The molecule has 0 saturated heterocycles. The van der Waals surface area contributed by atoms with Gasteiger partial charge in [0.2, 0.25) is 0 Å². The van der Waals surface area contributed by atoms with Crippen molar-refractivity contribution in [2.75, 3.05) is 19.8 Å². The van der Waals surface area contributed by atoms with Gasteiger partial charge < -0.3 is 14.2 Å². The first-order chi connectivity index (χ1) is 10.6. The Morgan fingerprint density at radius 1 is 0.955 bits per heavy atom. The van der Waals surface area contributed by atoms with E-state index in [1.807, 2.05) is 30.3 Å². The maximum absolute atomic E-state index is 12.3. The predicted molar refractivity (Wildman–Crippen MR) is 82.1 cm³/mol. The normalized spacial score (nSPS) is 11.0. The second kappa shape index (κ2) is 9.20. The lowest BCUT2D eigenvalue weighted by Gasteiger charge is -2.27. The van der Waals surface area contributed by atoms with E-state index in [0.717, 1.165) is 5.56 Å². The van der Waals surface area contributed by atoms with Crippen LogP contribution in [0.25, 0.3) is 0 Å². The molecule has 0 aliphatic carbocycles. The van der Waals surface area contributed by atoms with Gasteiger partial charge in [0.25, 0.3) is 0 Å². The van der Waals surface area contributed by atoms with Crippen molar-refractivity contribution < 1.29 is 23.8 Å². The molecule has 0 fully saturated rings. The van der Waals surface area contributed by atoms with E-state index in [-0.39, 0.29) is 26.2 Å². The van der Waals surface area contributed by atoms with Crippen LogP contribution in [-0.4, -0.2) is 31.8 Å². The molecule has 1 rings (SSSR count). The van der Waals surface area contributed by atoms with Crippen molar-refractivity contribution in [1.29, 1.82) is 0 Å². The van der Waals surface area contributed by atoms with Crippen LogP contribution in [0.1, 0.15) is 32.8 Å². The molecule has 22 heavy (non-hydrogen) atoms. The van der Waals surface area contributed by atoms with Crippen molar-refractivity contribution in [3.8, 4) is 0 Å². The number of carbonyl (C=O) groups excluding carboxylic acids is 2. The summed E-state index contributed by atoms with van der Waals surface area (Å²) in [6, 6.07) is 9.56. The van der Waals surface area contributed by atoms with Crippen LogP contribution in [-0.2, 0) is 30.4 Å². The average molecular weight is 308 g/mol. The third-order valence-electron chi connectivity index (χ3n) is 3.40. The second-order valence-electron chi connectivity index (χ2n) is 4.85. The minimum absolute atomic E-state index is 0.0595. The lowest BCUT2D eigenvalue weighted by Crippen LogP contribution is -2.45. The first kappa shape index (κ1) is 18.2. The molecule has 5 heteroatoms. The number of hydrogen-bond acceptors (Lipinski definition) is 5. The Hall–Kier alpha value is -1.88. The van der Waals surface area contributed by atoms with E-state index in [2.05, 4.69) is 0 Å². The van der Waals surface area contributed by atoms with Crippen LogP contribution in [0.2, 0.25) is 0 Å². The smallest absolute Gasteiger partial charge is 0.325 e. The second-order valence-corrected chi connectivity index (χ2v) is 4.85. The van der Waals surface area contributed by atoms with Crippen LogP contribution in [0.5, 0.6) is 0 Å². The predicted octanol–water partition coefficient (Wildman–Crippen LogP) is 2.73. The Bertz CT molecular complexity index is 451. The Morgan fingerprint density at radius 3 is 1.95 bits per heavy atom. The quantitative estimate of drug-likeness (QED) is 0.518. The van der Waals surface area contributed by atoms with Crippen molar-refractivity contribution >= 4 is 11.9 Å². The van der Waals surface area contributed by atoms with E-state index in [1.165, 1.54) is 0 Å². The summed E-state index contributed by atoms with van der Waals surface area (Å²) in [7, 11) is 0. The van der Waals surface area contributed by atoms with Crippen LogP contribution in [0, 0.1) is 5.41 Å². The zero-order chi connectivity index (χ0) is 16.4. The fraction of sp³-hybridized carbons (Fsp3) is 0.529. The van der Waals surface area contributed by atoms with Crippen molar-refractivity contribution in [3.63, 3.8) is 0 Å². The van der Waals surface area contributed by atoms with Crippen LogP contribution in [0.3, 0.4) is 0 Å². The Kier molecular flexibility index (Phi) is 7.60. The van der Waals surface area contributed by atoms with Gasteiger partial charge in [-0.25, -0.2) is 0 Å². The molecule has 0 bridgehead atoms. The Labute approximate surface area is 131 Å². The third-order valence-corrected chi connectivity index (χ3v) is 3.40. The summed E-state index contributed by atoms with van der Waals surface area (Å²) >= 11 is 0. The summed E-state index contributed by atoms with van der Waals surface area (Å²) in [5.41, 5.74) is -0.430. The molecule has 0 aliphatic heterocycles. The molecule has 0 unspecified atom stereocenters. The molecule has 1 aromatic rings. The molecule has 0 radical (unpaired) electrons. The largest absolute Gasteiger partial charge is 0.465 e. The molecule has 0 atom stereocenters. The van der Waals surface area contributed by atoms with Crippen LogP contribution in [0.15, 0.2) is 30.3 Å². The molecule has 0 aliphatic rings. The number of ether oxygens (including phenoxy) is 3. The van der Waals surface area contributed by atoms with Crippen LogP contribution < -0.4 is 0 Å². The third kappa shape index (κ3) is 4.56. The van der Waals surface area contributed by atoms with Crippen molar-refractivity contribution in [2.45, 2.75) is 33.8 Å². The highest BCUT2D eigenvalue weighted by Gasteiger charge is 2.47. The summed E-state index contributed by atoms with van der Waals surface area (Å²) in [5.74, 6) is -1.19. The SMILES string of the molecule is CCOC(=O)C(CC)(COCc1ccccc1)C(=O)OCC. The minimum atomic E-state index is -1.40. The Balaban J connectivity index is 2.80. The van der Waals surface area contributed by atoms with Crippen molar-refractivity contribution in [2.24, 2.45) is 5.41 Å². The van der Waals surface area contributed by atoms with Crippen molar-refractivity contribution in [1.82, 2.24) is 0 Å². The van der Waals surface area contributed by atoms with E-state index < -0.39 is 17.4 Å². The topological polar surface area (TPSA) is 61.8 Å². The summed E-state index contributed by atoms with van der Waals surface area (Å²) < 4.78 is 15.7. The van der Waals surface area contributed by atoms with Gasteiger partial charge in [-0.15, -0.1) is 0 Å². The number of esters is 2. The van der Waals surface area contributed by atoms with Gasteiger partial charge in [0.05, 0.1) is 26.4 Å². The molecule has 0 spiro atoms. The molecule has 5 nitrogen and oxygen atoms in total. The number of benzene rings is 1. The zero-order valence-electron chi connectivity index (χ0n) is 13.5. The van der Waals surface area contributed by atoms with Gasteiger partial charge in [0, 0.05) is 0 Å². The highest BCUT2D eigenvalue weighted by Crippen LogP contribution is 2.27. The fourth-order valence-corrected chi connectivity index (χ4v) is 2.05. The summed E-state index contributed by atoms with van der Waals surface area (Å²) in [6.45, 7) is 5.83. The standard InChI is InChI=1S/C17H24O5/c1-4-17(15(18)21-5-2,16(19)22-6-3)13-20-12-14-10-8-7-9-11-14/h7-11H,4-6,12-13H2,1-3H3. The average Bonchev–Trinajstić information content (AvgIpc) is 2.53. The van der Waals surface area contributed by atoms with Gasteiger partial charge in [-0.1, -0.05) is 37.3 Å². The summed E-state index contributed by atoms with van der Waals surface area (Å²) in [5, 5.41) is 0. The molecular formula is C17H24O5. The highest BCUT2D eigenvalue weighted by atomic mass is 16.6. The Morgan fingerprint density at radius 2 is 1.50 bits per heavy atom. The molecule has 0 N–H and O–H groups in total.